The van der Waals surface area contributed by atoms with Crippen molar-refractivity contribution in [2.24, 2.45) is 0 Å². The normalized spacial score (nSPS) is 15.6. The van der Waals surface area contributed by atoms with Gasteiger partial charge in [0.25, 0.3) is 5.91 Å². The molecule has 3 heteroatoms. The quantitative estimate of drug-likeness (QED) is 0.866. The summed E-state index contributed by atoms with van der Waals surface area (Å²) in [6.07, 6.45) is 1.08. The number of aryl methyl sites for hydroxylation is 1. The average Bonchev–Trinajstić information content (AvgIpc) is 2.63. The fraction of sp³-hybridized carbons (Fsp3) is 0.350. The van der Waals surface area contributed by atoms with Gasteiger partial charge in [0.05, 0.1) is 0 Å². The smallest absolute Gasteiger partial charge is 0.253 e. The summed E-state index contributed by atoms with van der Waals surface area (Å²) in [5, 5.41) is 0. The predicted molar refractivity (Wildman–Crippen MR) is 93.4 cm³/mol. The van der Waals surface area contributed by atoms with E-state index in [1.807, 2.05) is 35.2 Å². The second kappa shape index (κ2) is 7.42. The number of hydrogen-bond donors (Lipinski definition) is 0. The molecule has 0 bridgehead atoms. The molecule has 3 rings (SSSR count). The lowest BCUT2D eigenvalue weighted by atomic mass is 10.1. The van der Waals surface area contributed by atoms with Crippen LogP contribution in [0.2, 0.25) is 0 Å². The van der Waals surface area contributed by atoms with Crippen LogP contribution >= 0.6 is 0 Å². The number of rotatable bonds is 4. The predicted octanol–water partition coefficient (Wildman–Crippen LogP) is 3.21. The van der Waals surface area contributed by atoms with Crippen molar-refractivity contribution in [3.8, 4) is 0 Å². The highest BCUT2D eigenvalue weighted by molar-refractivity contribution is 5.94. The van der Waals surface area contributed by atoms with Gasteiger partial charge in [-0.3, -0.25) is 9.69 Å². The highest BCUT2D eigenvalue weighted by atomic mass is 16.2. The molecule has 1 fully saturated rings. The van der Waals surface area contributed by atoms with Crippen molar-refractivity contribution in [2.75, 3.05) is 26.2 Å². The minimum absolute atomic E-state index is 0.151. The average molecular weight is 308 g/mol. The molecule has 0 spiro atoms. The summed E-state index contributed by atoms with van der Waals surface area (Å²) >= 11 is 0. The van der Waals surface area contributed by atoms with Crippen LogP contribution in [0.1, 0.15) is 28.4 Å². The SMILES string of the molecule is CCc1ccc(CN2CCN(C(=O)c3ccccc3)CC2)cc1. The Labute approximate surface area is 138 Å². The van der Waals surface area contributed by atoms with E-state index < -0.39 is 0 Å². The van der Waals surface area contributed by atoms with Crippen molar-refractivity contribution >= 4 is 5.91 Å². The van der Waals surface area contributed by atoms with E-state index in [1.165, 1.54) is 11.1 Å². The number of carbonyl (C=O) groups excluding carboxylic acids is 1. The first kappa shape index (κ1) is 15.8. The Bertz CT molecular complexity index is 628. The minimum Gasteiger partial charge on any atom is -0.336 e. The first-order chi connectivity index (χ1) is 11.3. The molecule has 0 aliphatic carbocycles. The molecule has 1 amide bonds. The first-order valence-corrected chi connectivity index (χ1v) is 8.41. The van der Waals surface area contributed by atoms with E-state index in [9.17, 15) is 4.79 Å². The molecule has 0 radical (unpaired) electrons. The van der Waals surface area contributed by atoms with Crippen LogP contribution in [0.4, 0.5) is 0 Å². The van der Waals surface area contributed by atoms with Crippen molar-refractivity contribution in [3.05, 3.63) is 71.3 Å². The molecule has 120 valence electrons. The fourth-order valence-corrected chi connectivity index (χ4v) is 3.01. The van der Waals surface area contributed by atoms with Crippen LogP contribution in [0.5, 0.6) is 0 Å². The molecule has 0 unspecified atom stereocenters. The molecule has 0 saturated carbocycles. The summed E-state index contributed by atoms with van der Waals surface area (Å²) < 4.78 is 0. The summed E-state index contributed by atoms with van der Waals surface area (Å²) in [5.74, 6) is 0.151. The van der Waals surface area contributed by atoms with Gasteiger partial charge in [-0.05, 0) is 29.7 Å². The zero-order valence-corrected chi connectivity index (χ0v) is 13.7. The number of benzene rings is 2. The van der Waals surface area contributed by atoms with Gasteiger partial charge in [0, 0.05) is 38.3 Å². The molecule has 1 saturated heterocycles. The molecule has 2 aromatic rings. The van der Waals surface area contributed by atoms with E-state index in [0.29, 0.717) is 0 Å². The van der Waals surface area contributed by atoms with Crippen molar-refractivity contribution < 1.29 is 4.79 Å². The van der Waals surface area contributed by atoms with Gasteiger partial charge in [-0.15, -0.1) is 0 Å². The molecule has 1 aliphatic rings. The highest BCUT2D eigenvalue weighted by Crippen LogP contribution is 2.12. The lowest BCUT2D eigenvalue weighted by Crippen LogP contribution is -2.48. The van der Waals surface area contributed by atoms with Crippen molar-refractivity contribution in [2.45, 2.75) is 19.9 Å². The molecule has 1 aliphatic heterocycles. The Kier molecular flexibility index (Phi) is 5.09. The molecule has 0 atom stereocenters. The van der Waals surface area contributed by atoms with E-state index in [4.69, 9.17) is 0 Å². The Balaban J connectivity index is 1.53. The van der Waals surface area contributed by atoms with E-state index in [-0.39, 0.29) is 5.91 Å². The van der Waals surface area contributed by atoms with Crippen LogP contribution in [-0.4, -0.2) is 41.9 Å². The summed E-state index contributed by atoms with van der Waals surface area (Å²) in [6.45, 7) is 6.64. The Morgan fingerprint density at radius 3 is 2.09 bits per heavy atom. The van der Waals surface area contributed by atoms with Gasteiger partial charge < -0.3 is 4.90 Å². The second-order valence-corrected chi connectivity index (χ2v) is 6.10. The Hall–Kier alpha value is -2.13. The molecule has 3 nitrogen and oxygen atoms in total. The van der Waals surface area contributed by atoms with Crippen LogP contribution in [0, 0.1) is 0 Å². The summed E-state index contributed by atoms with van der Waals surface area (Å²) in [7, 11) is 0. The standard InChI is InChI=1S/C20H24N2O/c1-2-17-8-10-18(11-9-17)16-21-12-14-22(15-13-21)20(23)19-6-4-3-5-7-19/h3-11H,2,12-16H2,1H3. The summed E-state index contributed by atoms with van der Waals surface area (Å²) in [4.78, 5) is 16.8. The van der Waals surface area contributed by atoms with E-state index >= 15 is 0 Å². The van der Waals surface area contributed by atoms with Gasteiger partial charge in [-0.1, -0.05) is 49.4 Å². The van der Waals surface area contributed by atoms with Crippen molar-refractivity contribution in [3.63, 3.8) is 0 Å². The third-order valence-electron chi connectivity index (χ3n) is 4.52. The van der Waals surface area contributed by atoms with Gasteiger partial charge >= 0.3 is 0 Å². The highest BCUT2D eigenvalue weighted by Gasteiger charge is 2.21. The van der Waals surface area contributed by atoms with Crippen LogP contribution in [0.25, 0.3) is 0 Å². The monoisotopic (exact) mass is 308 g/mol. The molecule has 0 aromatic heterocycles. The molecular formula is C20H24N2O. The third-order valence-corrected chi connectivity index (χ3v) is 4.52. The zero-order valence-electron chi connectivity index (χ0n) is 13.7. The Morgan fingerprint density at radius 2 is 1.48 bits per heavy atom. The van der Waals surface area contributed by atoms with Gasteiger partial charge in [0.2, 0.25) is 0 Å². The number of hydrogen-bond acceptors (Lipinski definition) is 2. The summed E-state index contributed by atoms with van der Waals surface area (Å²) in [6, 6.07) is 18.4. The fourth-order valence-electron chi connectivity index (χ4n) is 3.01. The lowest BCUT2D eigenvalue weighted by molar-refractivity contribution is 0.0628. The maximum Gasteiger partial charge on any atom is 0.253 e. The molecule has 2 aromatic carbocycles. The molecule has 0 N–H and O–H groups in total. The first-order valence-electron chi connectivity index (χ1n) is 8.41. The largest absolute Gasteiger partial charge is 0.336 e. The van der Waals surface area contributed by atoms with Crippen molar-refractivity contribution in [1.29, 1.82) is 0 Å². The third kappa shape index (κ3) is 3.99. The van der Waals surface area contributed by atoms with Gasteiger partial charge in [0.1, 0.15) is 0 Å². The number of nitrogens with zero attached hydrogens (tertiary/aromatic N) is 2. The van der Waals surface area contributed by atoms with Crippen molar-refractivity contribution in [1.82, 2.24) is 9.80 Å². The topological polar surface area (TPSA) is 23.6 Å². The maximum absolute atomic E-state index is 12.4. The van der Waals surface area contributed by atoms with Gasteiger partial charge in [-0.25, -0.2) is 0 Å². The van der Waals surface area contributed by atoms with Gasteiger partial charge in [0.15, 0.2) is 0 Å². The number of piperazine rings is 1. The lowest BCUT2D eigenvalue weighted by Gasteiger charge is -2.34. The van der Waals surface area contributed by atoms with Crippen LogP contribution in [0.3, 0.4) is 0 Å². The van der Waals surface area contributed by atoms with Crippen LogP contribution in [-0.2, 0) is 13.0 Å². The van der Waals surface area contributed by atoms with Gasteiger partial charge in [-0.2, -0.15) is 0 Å². The second-order valence-electron chi connectivity index (χ2n) is 6.10. The number of amides is 1. The summed E-state index contributed by atoms with van der Waals surface area (Å²) in [5.41, 5.74) is 3.52. The minimum atomic E-state index is 0.151. The zero-order chi connectivity index (χ0) is 16.1. The Morgan fingerprint density at radius 1 is 0.870 bits per heavy atom. The molecule has 1 heterocycles. The van der Waals surface area contributed by atoms with E-state index in [0.717, 1.165) is 44.7 Å². The number of carbonyl (C=O) groups is 1. The van der Waals surface area contributed by atoms with Crippen LogP contribution < -0.4 is 0 Å². The van der Waals surface area contributed by atoms with E-state index in [1.54, 1.807) is 0 Å². The van der Waals surface area contributed by atoms with Crippen LogP contribution in [0.15, 0.2) is 54.6 Å². The maximum atomic E-state index is 12.4. The molecule has 23 heavy (non-hydrogen) atoms. The molecular weight excluding hydrogens is 284 g/mol. The van der Waals surface area contributed by atoms with E-state index in [2.05, 4.69) is 36.1 Å².